The highest BCUT2D eigenvalue weighted by Gasteiger charge is 2.32. The molecule has 1 amide bonds. The molecule has 5 nitrogen and oxygen atoms in total. The number of thiophene rings is 1. The summed E-state index contributed by atoms with van der Waals surface area (Å²) in [4.78, 5) is 14.1. The third-order valence-electron chi connectivity index (χ3n) is 4.63. The number of rotatable bonds is 3. The Hall–Kier alpha value is -1.73. The molecule has 3 N–H and O–H groups in total. The van der Waals surface area contributed by atoms with E-state index >= 15 is 0 Å². The van der Waals surface area contributed by atoms with E-state index in [1.54, 1.807) is 23.5 Å². The number of carbonyl (C=O) groups is 1. The van der Waals surface area contributed by atoms with Crippen LogP contribution >= 0.6 is 27.3 Å². The van der Waals surface area contributed by atoms with Crippen LogP contribution in [0.15, 0.2) is 16.6 Å². The van der Waals surface area contributed by atoms with Gasteiger partial charge in [0.2, 0.25) is 0 Å². The van der Waals surface area contributed by atoms with Gasteiger partial charge in [-0.2, -0.15) is 0 Å². The summed E-state index contributed by atoms with van der Waals surface area (Å²) in [6.45, 7) is 2.32. The highest BCUT2D eigenvalue weighted by atomic mass is 79.9. The van der Waals surface area contributed by atoms with Gasteiger partial charge in [0.25, 0.3) is 5.91 Å². The molecule has 1 aliphatic carbocycles. The molecule has 0 saturated carbocycles. The number of fused-ring (bicyclic) bond motifs is 3. The standard InChI is InChI=1S/C18H19BrN2O3S/c1-2-24-12-8-9(7-11(19)15(12)22)16-20-17(23)14-10-5-3-4-6-13(10)25-18(14)21-16/h7-8,16,21-22H,2-6H2,1H3,(H,20,23). The molecule has 25 heavy (non-hydrogen) atoms. The Morgan fingerprint density at radius 2 is 2.12 bits per heavy atom. The number of phenols is 1. The number of nitrogens with one attached hydrogen (secondary N) is 2. The van der Waals surface area contributed by atoms with Gasteiger partial charge < -0.3 is 20.5 Å². The Labute approximate surface area is 158 Å². The number of anilines is 1. The molecule has 132 valence electrons. The lowest BCUT2D eigenvalue weighted by Crippen LogP contribution is -2.38. The summed E-state index contributed by atoms with van der Waals surface area (Å²) in [6.07, 6.45) is 4.04. The van der Waals surface area contributed by atoms with Crippen LogP contribution in [0.2, 0.25) is 0 Å². The van der Waals surface area contributed by atoms with Gasteiger partial charge in [-0.25, -0.2) is 0 Å². The van der Waals surface area contributed by atoms with E-state index in [0.717, 1.165) is 35.4 Å². The second-order valence-electron chi connectivity index (χ2n) is 6.25. The van der Waals surface area contributed by atoms with E-state index in [9.17, 15) is 9.90 Å². The van der Waals surface area contributed by atoms with Crippen LogP contribution in [0.1, 0.15) is 52.3 Å². The smallest absolute Gasteiger partial charge is 0.256 e. The summed E-state index contributed by atoms with van der Waals surface area (Å²) in [5.41, 5.74) is 2.87. The van der Waals surface area contributed by atoms with Gasteiger partial charge in [-0.05, 0) is 71.8 Å². The van der Waals surface area contributed by atoms with Crippen LogP contribution in [-0.4, -0.2) is 17.6 Å². The largest absolute Gasteiger partial charge is 0.503 e. The summed E-state index contributed by atoms with van der Waals surface area (Å²) in [5.74, 6) is 0.444. The summed E-state index contributed by atoms with van der Waals surface area (Å²) >= 11 is 5.06. The van der Waals surface area contributed by atoms with Crippen molar-refractivity contribution in [2.75, 3.05) is 11.9 Å². The van der Waals surface area contributed by atoms with Crippen LogP contribution in [0.5, 0.6) is 11.5 Å². The molecule has 0 radical (unpaired) electrons. The molecule has 4 rings (SSSR count). The predicted molar refractivity (Wildman–Crippen MR) is 102 cm³/mol. The van der Waals surface area contributed by atoms with Gasteiger partial charge in [-0.3, -0.25) is 4.79 Å². The molecular weight excluding hydrogens is 404 g/mol. The highest BCUT2D eigenvalue weighted by molar-refractivity contribution is 9.10. The van der Waals surface area contributed by atoms with Crippen molar-refractivity contribution in [3.8, 4) is 11.5 Å². The molecule has 0 fully saturated rings. The minimum Gasteiger partial charge on any atom is -0.503 e. The van der Waals surface area contributed by atoms with Crippen molar-refractivity contribution in [1.29, 1.82) is 0 Å². The van der Waals surface area contributed by atoms with E-state index in [0.29, 0.717) is 16.8 Å². The van der Waals surface area contributed by atoms with Gasteiger partial charge in [0.15, 0.2) is 11.5 Å². The zero-order valence-electron chi connectivity index (χ0n) is 13.8. The number of ether oxygens (including phenoxy) is 1. The lowest BCUT2D eigenvalue weighted by atomic mass is 9.94. The minimum atomic E-state index is -0.351. The molecule has 0 spiro atoms. The maximum atomic E-state index is 12.7. The van der Waals surface area contributed by atoms with Crippen LogP contribution in [0.3, 0.4) is 0 Å². The molecule has 2 heterocycles. The summed E-state index contributed by atoms with van der Waals surface area (Å²) in [6, 6.07) is 3.56. The minimum absolute atomic E-state index is 0.0275. The van der Waals surface area contributed by atoms with Crippen molar-refractivity contribution in [1.82, 2.24) is 5.32 Å². The van der Waals surface area contributed by atoms with Gasteiger partial charge in [-0.15, -0.1) is 11.3 Å². The molecule has 2 aliphatic rings. The second-order valence-corrected chi connectivity index (χ2v) is 8.21. The topological polar surface area (TPSA) is 70.6 Å². The van der Waals surface area contributed by atoms with E-state index in [4.69, 9.17) is 4.74 Å². The first-order valence-corrected chi connectivity index (χ1v) is 10.1. The quantitative estimate of drug-likeness (QED) is 0.687. The van der Waals surface area contributed by atoms with Crippen molar-refractivity contribution in [3.63, 3.8) is 0 Å². The number of hydrogen-bond acceptors (Lipinski definition) is 5. The van der Waals surface area contributed by atoms with Gasteiger partial charge in [0.05, 0.1) is 16.6 Å². The number of benzene rings is 1. The number of aryl methyl sites for hydroxylation is 1. The van der Waals surface area contributed by atoms with E-state index < -0.39 is 0 Å². The van der Waals surface area contributed by atoms with Gasteiger partial charge in [0, 0.05) is 4.88 Å². The lowest BCUT2D eigenvalue weighted by Gasteiger charge is -2.27. The number of aromatic hydroxyl groups is 1. The van der Waals surface area contributed by atoms with Crippen molar-refractivity contribution >= 4 is 38.2 Å². The fourth-order valence-corrected chi connectivity index (χ4v) is 5.25. The molecule has 7 heteroatoms. The van der Waals surface area contributed by atoms with E-state index in [-0.39, 0.29) is 17.8 Å². The maximum Gasteiger partial charge on any atom is 0.256 e. The summed E-state index contributed by atoms with van der Waals surface area (Å²) in [7, 11) is 0. The molecule has 1 aromatic heterocycles. The zero-order chi connectivity index (χ0) is 17.6. The number of phenolic OH excluding ortho intramolecular Hbond substituents is 1. The molecule has 1 aromatic carbocycles. The van der Waals surface area contributed by atoms with Crippen LogP contribution in [0, 0.1) is 0 Å². The third-order valence-corrected chi connectivity index (χ3v) is 6.46. The fourth-order valence-electron chi connectivity index (χ4n) is 3.47. The van der Waals surface area contributed by atoms with E-state index in [2.05, 4.69) is 26.6 Å². The normalized spacial score (nSPS) is 18.8. The number of hydrogen-bond donors (Lipinski definition) is 3. The first kappa shape index (κ1) is 16.7. The lowest BCUT2D eigenvalue weighted by molar-refractivity contribution is 0.0935. The first-order chi connectivity index (χ1) is 12.1. The molecule has 2 aromatic rings. The number of halogens is 1. The monoisotopic (exact) mass is 422 g/mol. The Bertz CT molecular complexity index is 849. The van der Waals surface area contributed by atoms with Crippen LogP contribution in [-0.2, 0) is 12.8 Å². The highest BCUT2D eigenvalue weighted by Crippen LogP contribution is 2.43. The third kappa shape index (κ3) is 2.89. The van der Waals surface area contributed by atoms with Gasteiger partial charge >= 0.3 is 0 Å². The summed E-state index contributed by atoms with van der Waals surface area (Å²) < 4.78 is 6.04. The van der Waals surface area contributed by atoms with Gasteiger partial charge in [0.1, 0.15) is 11.2 Å². The molecule has 0 bridgehead atoms. The number of carbonyl (C=O) groups excluding carboxylic acids is 1. The average molecular weight is 423 g/mol. The SMILES string of the molecule is CCOc1cc(C2NC(=O)c3c(sc4c3CCCC4)N2)cc(Br)c1O. The predicted octanol–water partition coefficient (Wildman–Crippen LogP) is 4.35. The van der Waals surface area contributed by atoms with Crippen molar-refractivity contribution < 1.29 is 14.6 Å². The van der Waals surface area contributed by atoms with Crippen molar-refractivity contribution in [2.45, 2.75) is 38.8 Å². The summed E-state index contributed by atoms with van der Waals surface area (Å²) in [5, 5.41) is 17.5. The van der Waals surface area contributed by atoms with Crippen LogP contribution in [0.4, 0.5) is 5.00 Å². The zero-order valence-corrected chi connectivity index (χ0v) is 16.2. The molecule has 0 saturated heterocycles. The number of amides is 1. The van der Waals surface area contributed by atoms with Crippen molar-refractivity contribution in [2.24, 2.45) is 0 Å². The maximum absolute atomic E-state index is 12.7. The molecular formula is C18H19BrN2O3S. The molecule has 1 aliphatic heterocycles. The fraction of sp³-hybridized carbons (Fsp3) is 0.389. The first-order valence-electron chi connectivity index (χ1n) is 8.45. The Kier molecular flexibility index (Phi) is 4.37. The van der Waals surface area contributed by atoms with Gasteiger partial charge in [-0.1, -0.05) is 0 Å². The second kappa shape index (κ2) is 6.53. The average Bonchev–Trinajstić information content (AvgIpc) is 2.97. The van der Waals surface area contributed by atoms with E-state index in [1.165, 1.54) is 16.9 Å². The molecule has 1 atom stereocenters. The Morgan fingerprint density at radius 3 is 2.92 bits per heavy atom. The van der Waals surface area contributed by atoms with Crippen LogP contribution < -0.4 is 15.4 Å². The van der Waals surface area contributed by atoms with E-state index in [1.807, 2.05) is 6.92 Å². The molecule has 1 unspecified atom stereocenters. The van der Waals surface area contributed by atoms with Crippen LogP contribution in [0.25, 0.3) is 0 Å². The van der Waals surface area contributed by atoms with Crippen molar-refractivity contribution in [3.05, 3.63) is 38.2 Å². The Morgan fingerprint density at radius 1 is 1.32 bits per heavy atom. The Balaban J connectivity index is 1.70.